The third-order valence-corrected chi connectivity index (χ3v) is 4.85. The molecule has 3 rings (SSSR count). The van der Waals surface area contributed by atoms with Crippen LogP contribution in [0.25, 0.3) is 0 Å². The SMILES string of the molecule is O=C(NCCCCO)c1ncn2c1CCC(C(=O)N1CCOCC1)C2.O=CO. The van der Waals surface area contributed by atoms with Gasteiger partial charge < -0.3 is 29.7 Å². The van der Waals surface area contributed by atoms with Crippen LogP contribution in [0.1, 0.15) is 35.4 Å². The summed E-state index contributed by atoms with van der Waals surface area (Å²) in [6.07, 6.45) is 4.50. The number of aliphatic hydroxyl groups excluding tert-OH is 1. The number of carbonyl (C=O) groups excluding carboxylic acids is 2. The van der Waals surface area contributed by atoms with Crippen LogP contribution in [0.15, 0.2) is 6.33 Å². The first-order chi connectivity index (χ1) is 13.6. The first-order valence-corrected chi connectivity index (χ1v) is 9.49. The van der Waals surface area contributed by atoms with E-state index in [1.807, 2.05) is 9.47 Å². The largest absolute Gasteiger partial charge is 0.483 e. The Morgan fingerprint density at radius 1 is 1.32 bits per heavy atom. The minimum atomic E-state index is -0.250. The standard InChI is InChI=1S/C17H26N4O4.CH2O2/c22-8-2-1-5-18-16(23)15-14-4-3-13(11-21(14)12-19-15)17(24)20-6-9-25-10-7-20;2-1-3/h12-13,22H,1-11H2,(H,18,23);1H,(H,2,3). The molecule has 1 saturated heterocycles. The maximum absolute atomic E-state index is 12.6. The van der Waals surface area contributed by atoms with Crippen LogP contribution in [0.2, 0.25) is 0 Å². The Hall–Kier alpha value is -2.46. The number of carboxylic acid groups (broad SMARTS) is 1. The van der Waals surface area contributed by atoms with Crippen LogP contribution in [0.3, 0.4) is 0 Å². The molecular formula is C18H28N4O6. The van der Waals surface area contributed by atoms with E-state index in [9.17, 15) is 9.59 Å². The lowest BCUT2D eigenvalue weighted by Crippen LogP contribution is -2.45. The van der Waals surface area contributed by atoms with Crippen molar-refractivity contribution in [3.8, 4) is 0 Å². The molecule has 10 heteroatoms. The number of morpholine rings is 1. The van der Waals surface area contributed by atoms with E-state index in [4.69, 9.17) is 19.7 Å². The maximum atomic E-state index is 12.6. The number of unbranched alkanes of at least 4 members (excludes halogenated alkanes) is 1. The lowest BCUT2D eigenvalue weighted by Gasteiger charge is -2.32. The molecule has 0 bridgehead atoms. The predicted molar refractivity (Wildman–Crippen MR) is 98.8 cm³/mol. The molecule has 2 aliphatic rings. The van der Waals surface area contributed by atoms with Crippen LogP contribution >= 0.6 is 0 Å². The van der Waals surface area contributed by atoms with Crippen molar-refractivity contribution in [3.63, 3.8) is 0 Å². The summed E-state index contributed by atoms with van der Waals surface area (Å²) in [6.45, 7) is 3.53. The number of fused-ring (bicyclic) bond motifs is 1. The Balaban J connectivity index is 0.000000878. The fourth-order valence-corrected chi connectivity index (χ4v) is 3.42. The summed E-state index contributed by atoms with van der Waals surface area (Å²) in [5.41, 5.74) is 1.37. The number of imidazole rings is 1. The molecular weight excluding hydrogens is 368 g/mol. The monoisotopic (exact) mass is 396 g/mol. The summed E-state index contributed by atoms with van der Waals surface area (Å²) in [5, 5.41) is 18.5. The van der Waals surface area contributed by atoms with Crippen LogP contribution in [0.5, 0.6) is 0 Å². The zero-order valence-electron chi connectivity index (χ0n) is 15.9. The number of ether oxygens (including phenoxy) is 1. The van der Waals surface area contributed by atoms with Crippen LogP contribution in [0, 0.1) is 5.92 Å². The molecule has 0 spiro atoms. The summed E-state index contributed by atoms with van der Waals surface area (Å²) in [6, 6.07) is 0. The molecule has 10 nitrogen and oxygen atoms in total. The van der Waals surface area contributed by atoms with Crippen molar-refractivity contribution in [2.75, 3.05) is 39.5 Å². The average Bonchev–Trinajstić information content (AvgIpc) is 3.15. The molecule has 1 atom stereocenters. The number of hydrogen-bond acceptors (Lipinski definition) is 6. The molecule has 0 aliphatic carbocycles. The van der Waals surface area contributed by atoms with Crippen molar-refractivity contribution in [2.24, 2.45) is 5.92 Å². The molecule has 0 radical (unpaired) electrons. The summed E-state index contributed by atoms with van der Waals surface area (Å²) in [5.74, 6) is -0.0532. The lowest BCUT2D eigenvalue weighted by molar-refractivity contribution is -0.140. The molecule has 28 heavy (non-hydrogen) atoms. The zero-order chi connectivity index (χ0) is 20.4. The fourth-order valence-electron chi connectivity index (χ4n) is 3.42. The number of amides is 2. The number of hydrogen-bond donors (Lipinski definition) is 3. The zero-order valence-corrected chi connectivity index (χ0v) is 15.9. The van der Waals surface area contributed by atoms with E-state index < -0.39 is 0 Å². The van der Waals surface area contributed by atoms with Crippen LogP contribution in [-0.4, -0.2) is 82.4 Å². The van der Waals surface area contributed by atoms with E-state index in [0.29, 0.717) is 57.9 Å². The fraction of sp³-hybridized carbons (Fsp3) is 0.667. The molecule has 156 valence electrons. The van der Waals surface area contributed by atoms with E-state index in [0.717, 1.165) is 18.5 Å². The Morgan fingerprint density at radius 3 is 2.71 bits per heavy atom. The second-order valence-electron chi connectivity index (χ2n) is 6.66. The number of aliphatic hydroxyl groups is 1. The highest BCUT2D eigenvalue weighted by Crippen LogP contribution is 2.24. The van der Waals surface area contributed by atoms with Crippen LogP contribution < -0.4 is 5.32 Å². The van der Waals surface area contributed by atoms with Gasteiger partial charge in [-0.25, -0.2) is 4.98 Å². The first kappa shape index (κ1) is 21.8. The van der Waals surface area contributed by atoms with Crippen LogP contribution in [0.4, 0.5) is 0 Å². The Labute approximate surface area is 163 Å². The van der Waals surface area contributed by atoms with Gasteiger partial charge in [-0.15, -0.1) is 0 Å². The molecule has 1 unspecified atom stereocenters. The number of nitrogens with one attached hydrogen (secondary N) is 1. The molecule has 0 saturated carbocycles. The van der Waals surface area contributed by atoms with Gasteiger partial charge in [-0.3, -0.25) is 14.4 Å². The smallest absolute Gasteiger partial charge is 0.290 e. The van der Waals surface area contributed by atoms with E-state index in [1.54, 1.807) is 6.33 Å². The van der Waals surface area contributed by atoms with Crippen molar-refractivity contribution in [3.05, 3.63) is 17.7 Å². The molecule has 1 aromatic rings. The van der Waals surface area contributed by atoms with Gasteiger partial charge in [-0.1, -0.05) is 0 Å². The van der Waals surface area contributed by atoms with E-state index in [2.05, 4.69) is 10.3 Å². The van der Waals surface area contributed by atoms with E-state index in [1.165, 1.54) is 0 Å². The highest BCUT2D eigenvalue weighted by atomic mass is 16.5. The third-order valence-electron chi connectivity index (χ3n) is 4.85. The van der Waals surface area contributed by atoms with E-state index in [-0.39, 0.29) is 30.8 Å². The van der Waals surface area contributed by atoms with Gasteiger partial charge in [-0.2, -0.15) is 0 Å². The quantitative estimate of drug-likeness (QED) is 0.436. The first-order valence-electron chi connectivity index (χ1n) is 9.49. The predicted octanol–water partition coefficient (Wildman–Crippen LogP) is -0.493. The molecule has 1 aromatic heterocycles. The summed E-state index contributed by atoms with van der Waals surface area (Å²) < 4.78 is 7.24. The minimum absolute atomic E-state index is 0.0553. The second kappa shape index (κ2) is 11.4. The number of aromatic nitrogens is 2. The van der Waals surface area contributed by atoms with Gasteiger partial charge in [0, 0.05) is 32.8 Å². The van der Waals surface area contributed by atoms with Gasteiger partial charge in [0.1, 0.15) is 5.69 Å². The van der Waals surface area contributed by atoms with E-state index >= 15 is 0 Å². The van der Waals surface area contributed by atoms with Gasteiger partial charge in [0.25, 0.3) is 12.4 Å². The second-order valence-corrected chi connectivity index (χ2v) is 6.66. The highest BCUT2D eigenvalue weighted by molar-refractivity contribution is 5.93. The molecule has 2 amide bonds. The molecule has 1 fully saturated rings. The minimum Gasteiger partial charge on any atom is -0.483 e. The number of rotatable bonds is 6. The Bertz CT molecular complexity index is 657. The average molecular weight is 396 g/mol. The van der Waals surface area contributed by atoms with Gasteiger partial charge in [-0.05, 0) is 25.7 Å². The van der Waals surface area contributed by atoms with Gasteiger partial charge in [0.15, 0.2) is 0 Å². The summed E-state index contributed by atoms with van der Waals surface area (Å²) >= 11 is 0. The molecule has 3 heterocycles. The van der Waals surface area contributed by atoms with Gasteiger partial charge in [0.05, 0.1) is 31.2 Å². The van der Waals surface area contributed by atoms with Gasteiger partial charge in [0.2, 0.25) is 5.91 Å². The maximum Gasteiger partial charge on any atom is 0.290 e. The van der Waals surface area contributed by atoms with Crippen molar-refractivity contribution < 1.29 is 29.3 Å². The normalized spacial score (nSPS) is 18.5. The molecule has 3 N–H and O–H groups in total. The summed E-state index contributed by atoms with van der Waals surface area (Å²) in [4.78, 5) is 39.4. The van der Waals surface area contributed by atoms with Crippen molar-refractivity contribution in [1.82, 2.24) is 19.8 Å². The Morgan fingerprint density at radius 2 is 2.04 bits per heavy atom. The van der Waals surface area contributed by atoms with Gasteiger partial charge >= 0.3 is 0 Å². The number of carbonyl (C=O) groups is 3. The third kappa shape index (κ3) is 5.77. The molecule has 0 aromatic carbocycles. The molecule has 2 aliphatic heterocycles. The van der Waals surface area contributed by atoms with Crippen molar-refractivity contribution in [1.29, 1.82) is 0 Å². The van der Waals surface area contributed by atoms with Crippen molar-refractivity contribution >= 4 is 18.3 Å². The van der Waals surface area contributed by atoms with Crippen LogP contribution in [-0.2, 0) is 27.3 Å². The summed E-state index contributed by atoms with van der Waals surface area (Å²) in [7, 11) is 0. The lowest BCUT2D eigenvalue weighted by atomic mass is 9.95. The highest BCUT2D eigenvalue weighted by Gasteiger charge is 2.31. The topological polar surface area (TPSA) is 134 Å². The Kier molecular flexibility index (Phi) is 8.89. The van der Waals surface area contributed by atoms with Crippen molar-refractivity contribution in [2.45, 2.75) is 32.2 Å². The number of nitrogens with zero attached hydrogens (tertiary/aromatic N) is 3.